The molecule has 0 radical (unpaired) electrons. The molecule has 0 bridgehead atoms. The average molecular weight is 611 g/mol. The van der Waals surface area contributed by atoms with E-state index in [1.807, 2.05) is 6.92 Å². The van der Waals surface area contributed by atoms with Crippen molar-refractivity contribution in [2.75, 3.05) is 17.4 Å². The van der Waals surface area contributed by atoms with E-state index < -0.39 is 28.5 Å². The summed E-state index contributed by atoms with van der Waals surface area (Å²) < 4.78 is 28.7. The van der Waals surface area contributed by atoms with E-state index in [2.05, 4.69) is 5.32 Å². The Labute approximate surface area is 244 Å². The van der Waals surface area contributed by atoms with Crippen molar-refractivity contribution in [2.24, 2.45) is 0 Å². The highest BCUT2D eigenvalue weighted by molar-refractivity contribution is 7.92. The number of rotatable bonds is 11. The number of nitrogens with one attached hydrogen (secondary N) is 1. The summed E-state index contributed by atoms with van der Waals surface area (Å²) in [5, 5.41) is 3.81. The molecule has 0 aliphatic carbocycles. The van der Waals surface area contributed by atoms with Crippen molar-refractivity contribution < 1.29 is 18.0 Å². The summed E-state index contributed by atoms with van der Waals surface area (Å²) >= 11 is 18.6. The number of sulfonamides is 1. The van der Waals surface area contributed by atoms with Crippen molar-refractivity contribution in [3.05, 3.63) is 92.9 Å². The number of halogens is 3. The van der Waals surface area contributed by atoms with Crippen LogP contribution in [0.25, 0.3) is 0 Å². The summed E-state index contributed by atoms with van der Waals surface area (Å²) in [6.07, 6.45) is 0.719. The average Bonchev–Trinajstić information content (AvgIpc) is 2.92. The molecule has 0 aliphatic heterocycles. The van der Waals surface area contributed by atoms with Crippen molar-refractivity contribution in [1.29, 1.82) is 0 Å². The molecule has 0 aliphatic rings. The molecule has 0 spiro atoms. The fourth-order valence-electron chi connectivity index (χ4n) is 3.91. The molecule has 3 rings (SSSR count). The van der Waals surface area contributed by atoms with Gasteiger partial charge >= 0.3 is 0 Å². The van der Waals surface area contributed by atoms with Gasteiger partial charge in [0.15, 0.2) is 0 Å². The molecule has 11 heteroatoms. The molecule has 0 heterocycles. The van der Waals surface area contributed by atoms with E-state index in [0.717, 1.165) is 10.7 Å². The molecule has 0 fully saturated rings. The van der Waals surface area contributed by atoms with Gasteiger partial charge in [-0.3, -0.25) is 13.9 Å². The second-order valence-electron chi connectivity index (χ2n) is 8.95. The highest BCUT2D eigenvalue weighted by Crippen LogP contribution is 2.31. The third-order valence-electron chi connectivity index (χ3n) is 6.17. The van der Waals surface area contributed by atoms with E-state index in [4.69, 9.17) is 34.8 Å². The summed E-state index contributed by atoms with van der Waals surface area (Å²) in [6, 6.07) is 16.7. The molecule has 0 saturated carbocycles. The largest absolute Gasteiger partial charge is 0.354 e. The van der Waals surface area contributed by atoms with Gasteiger partial charge in [-0.05, 0) is 67.8 Å². The normalized spacial score (nSPS) is 12.1. The molecular weight excluding hydrogens is 581 g/mol. The number of benzene rings is 3. The Bertz CT molecular complexity index is 1440. The summed E-state index contributed by atoms with van der Waals surface area (Å²) in [6.45, 7) is 5.08. The predicted molar refractivity (Wildman–Crippen MR) is 157 cm³/mol. The number of nitrogens with zero attached hydrogens (tertiary/aromatic N) is 2. The summed E-state index contributed by atoms with van der Waals surface area (Å²) in [4.78, 5) is 28.2. The van der Waals surface area contributed by atoms with Crippen LogP contribution in [0.4, 0.5) is 5.69 Å². The number of amides is 2. The summed E-state index contributed by atoms with van der Waals surface area (Å²) in [7, 11) is -4.18. The van der Waals surface area contributed by atoms with Crippen LogP contribution in [0.5, 0.6) is 0 Å². The first kappa shape index (κ1) is 30.8. The van der Waals surface area contributed by atoms with E-state index >= 15 is 0 Å². The molecule has 1 N–H and O–H groups in total. The fraction of sp³-hybridized carbons (Fsp3) is 0.286. The molecule has 3 aromatic rings. The zero-order valence-electron chi connectivity index (χ0n) is 21.8. The van der Waals surface area contributed by atoms with Crippen LogP contribution >= 0.6 is 34.8 Å². The van der Waals surface area contributed by atoms with Crippen LogP contribution in [0, 0.1) is 6.92 Å². The Morgan fingerprint density at radius 3 is 2.26 bits per heavy atom. The molecule has 208 valence electrons. The van der Waals surface area contributed by atoms with Gasteiger partial charge in [-0.15, -0.1) is 0 Å². The molecule has 1 unspecified atom stereocenters. The first-order valence-electron chi connectivity index (χ1n) is 12.3. The zero-order valence-corrected chi connectivity index (χ0v) is 24.9. The lowest BCUT2D eigenvalue weighted by molar-refractivity contribution is -0.139. The lowest BCUT2D eigenvalue weighted by atomic mass is 10.1. The Kier molecular flexibility index (Phi) is 10.7. The number of carbonyl (C=O) groups excluding carboxylic acids is 2. The number of carbonyl (C=O) groups is 2. The van der Waals surface area contributed by atoms with E-state index in [-0.39, 0.29) is 23.0 Å². The minimum Gasteiger partial charge on any atom is -0.354 e. The highest BCUT2D eigenvalue weighted by Gasteiger charge is 2.33. The molecule has 7 nitrogen and oxygen atoms in total. The van der Waals surface area contributed by atoms with Gasteiger partial charge in [0.25, 0.3) is 10.0 Å². The Morgan fingerprint density at radius 2 is 1.62 bits per heavy atom. The Morgan fingerprint density at radius 1 is 0.923 bits per heavy atom. The van der Waals surface area contributed by atoms with Gasteiger partial charge in [0, 0.05) is 18.1 Å². The van der Waals surface area contributed by atoms with Gasteiger partial charge in [0.1, 0.15) is 12.6 Å². The maximum absolute atomic E-state index is 13.9. The van der Waals surface area contributed by atoms with Gasteiger partial charge in [0.2, 0.25) is 11.8 Å². The molecule has 1 atom stereocenters. The van der Waals surface area contributed by atoms with Crippen LogP contribution in [0.2, 0.25) is 15.1 Å². The van der Waals surface area contributed by atoms with E-state index in [9.17, 15) is 18.0 Å². The van der Waals surface area contributed by atoms with Crippen LogP contribution in [-0.2, 0) is 26.2 Å². The first-order chi connectivity index (χ1) is 18.5. The van der Waals surface area contributed by atoms with Gasteiger partial charge in [-0.2, -0.15) is 0 Å². The van der Waals surface area contributed by atoms with Crippen molar-refractivity contribution in [1.82, 2.24) is 10.2 Å². The minimum atomic E-state index is -4.18. The molecule has 39 heavy (non-hydrogen) atoms. The molecule has 2 amide bonds. The predicted octanol–water partition coefficient (Wildman–Crippen LogP) is 6.09. The molecular formula is C28H30Cl3N3O4S. The van der Waals surface area contributed by atoms with E-state index in [0.29, 0.717) is 32.7 Å². The van der Waals surface area contributed by atoms with Gasteiger partial charge in [-0.25, -0.2) is 8.42 Å². The summed E-state index contributed by atoms with van der Waals surface area (Å²) in [5.41, 5.74) is 1.39. The first-order valence-corrected chi connectivity index (χ1v) is 14.9. The van der Waals surface area contributed by atoms with Crippen LogP contribution in [0.1, 0.15) is 31.4 Å². The Hall–Kier alpha value is -2.78. The minimum absolute atomic E-state index is 0.00415. The smallest absolute Gasteiger partial charge is 0.264 e. The van der Waals surface area contributed by atoms with Gasteiger partial charge in [0.05, 0.1) is 20.6 Å². The number of hydrogen-bond donors (Lipinski definition) is 1. The lowest BCUT2D eigenvalue weighted by Gasteiger charge is -2.32. The van der Waals surface area contributed by atoms with Crippen LogP contribution in [0.15, 0.2) is 71.6 Å². The number of anilines is 1. The highest BCUT2D eigenvalue weighted by atomic mass is 35.5. The van der Waals surface area contributed by atoms with Crippen LogP contribution in [0.3, 0.4) is 0 Å². The second kappa shape index (κ2) is 13.5. The lowest BCUT2D eigenvalue weighted by Crippen LogP contribution is -2.51. The second-order valence-corrected chi connectivity index (χ2v) is 12.0. The monoisotopic (exact) mass is 609 g/mol. The van der Waals surface area contributed by atoms with Crippen LogP contribution < -0.4 is 9.62 Å². The topological polar surface area (TPSA) is 86.8 Å². The number of hydrogen-bond acceptors (Lipinski definition) is 4. The van der Waals surface area contributed by atoms with E-state index in [1.54, 1.807) is 68.4 Å². The maximum Gasteiger partial charge on any atom is 0.264 e. The maximum atomic E-state index is 13.9. The quantitative estimate of drug-likeness (QED) is 0.285. The third kappa shape index (κ3) is 7.45. The Balaban J connectivity index is 2.06. The van der Waals surface area contributed by atoms with Gasteiger partial charge < -0.3 is 10.2 Å². The molecule has 3 aromatic carbocycles. The van der Waals surface area contributed by atoms with Crippen molar-refractivity contribution in [2.45, 2.75) is 44.7 Å². The summed E-state index contributed by atoms with van der Waals surface area (Å²) in [5.74, 6) is -0.944. The van der Waals surface area contributed by atoms with E-state index in [1.165, 1.54) is 17.0 Å². The SMILES string of the molecule is CCCNC(=O)C(C)N(Cc1ccc(Cl)c(Cl)c1)C(=O)CN(c1cccc(Cl)c1C)S(=O)(=O)c1ccccc1. The zero-order chi connectivity index (χ0) is 28.7. The van der Waals surface area contributed by atoms with Crippen molar-refractivity contribution >= 4 is 62.3 Å². The third-order valence-corrected chi connectivity index (χ3v) is 9.09. The molecule has 0 aromatic heterocycles. The van der Waals surface area contributed by atoms with Crippen LogP contribution in [-0.4, -0.2) is 44.3 Å². The standard InChI is InChI=1S/C28H30Cl3N3O4S/c1-4-15-32-28(36)20(3)33(17-21-13-14-24(30)25(31)16-21)27(35)18-34(26-12-8-11-23(29)19(26)2)39(37,38)22-9-6-5-7-10-22/h5-14,16,20H,4,15,17-18H2,1-3H3,(H,32,36). The molecule has 0 saturated heterocycles. The van der Waals surface area contributed by atoms with Crippen molar-refractivity contribution in [3.8, 4) is 0 Å². The fourth-order valence-corrected chi connectivity index (χ4v) is 5.90. The van der Waals surface area contributed by atoms with Gasteiger partial charge in [-0.1, -0.05) is 72.1 Å². The van der Waals surface area contributed by atoms with Crippen molar-refractivity contribution in [3.63, 3.8) is 0 Å².